The summed E-state index contributed by atoms with van der Waals surface area (Å²) in [6.45, 7) is 6.00. The first-order valence-electron chi connectivity index (χ1n) is 8.73. The summed E-state index contributed by atoms with van der Waals surface area (Å²) in [4.78, 5) is 17.5. The number of hydrogen-bond donors (Lipinski definition) is 2. The highest BCUT2D eigenvalue weighted by atomic mass is 16.3. The van der Waals surface area contributed by atoms with Gasteiger partial charge in [0.25, 0.3) is 5.91 Å². The smallest absolute Gasteiger partial charge is 0.252 e. The van der Waals surface area contributed by atoms with Gasteiger partial charge in [0.15, 0.2) is 5.65 Å². The third kappa shape index (κ3) is 3.02. The molecule has 1 saturated carbocycles. The molecule has 0 radical (unpaired) electrons. The second kappa shape index (κ2) is 6.16. The van der Waals surface area contributed by atoms with Crippen molar-refractivity contribution < 1.29 is 9.90 Å². The van der Waals surface area contributed by atoms with E-state index in [2.05, 4.69) is 10.4 Å². The molecule has 0 aromatic carbocycles. The van der Waals surface area contributed by atoms with E-state index in [1.54, 1.807) is 4.68 Å². The van der Waals surface area contributed by atoms with Gasteiger partial charge in [-0.05, 0) is 38.7 Å². The number of aryl methyl sites for hydroxylation is 2. The molecule has 6 nitrogen and oxygen atoms in total. The van der Waals surface area contributed by atoms with Gasteiger partial charge in [-0.2, -0.15) is 5.10 Å². The number of fused-ring (bicyclic) bond motifs is 1. The van der Waals surface area contributed by atoms with E-state index in [9.17, 15) is 9.90 Å². The molecule has 0 atom stereocenters. The fraction of sp³-hybridized carbons (Fsp3) is 0.611. The Labute approximate surface area is 142 Å². The van der Waals surface area contributed by atoms with E-state index >= 15 is 0 Å². The standard InChI is InChI=1S/C18H26N4O2/c1-5-18(24,6-2)10-19-17(23)13-9-14(12-7-8-12)20-16-15(13)11(3)21-22(16)4/h9,12,24H,5-8,10H2,1-4H3,(H,19,23). The van der Waals surface area contributed by atoms with Crippen molar-refractivity contribution in [1.29, 1.82) is 0 Å². The molecule has 24 heavy (non-hydrogen) atoms. The Balaban J connectivity index is 1.96. The van der Waals surface area contributed by atoms with Crippen molar-refractivity contribution >= 4 is 16.9 Å². The van der Waals surface area contributed by atoms with Crippen LogP contribution in [0.25, 0.3) is 11.0 Å². The number of aliphatic hydroxyl groups is 1. The third-order valence-electron chi connectivity index (χ3n) is 5.12. The van der Waals surface area contributed by atoms with E-state index in [0.29, 0.717) is 24.3 Å². The van der Waals surface area contributed by atoms with Crippen LogP contribution >= 0.6 is 0 Å². The molecule has 0 aliphatic heterocycles. The van der Waals surface area contributed by atoms with Crippen molar-refractivity contribution in [2.24, 2.45) is 7.05 Å². The molecule has 0 saturated heterocycles. The molecule has 0 unspecified atom stereocenters. The molecule has 2 aromatic rings. The molecule has 1 fully saturated rings. The van der Waals surface area contributed by atoms with E-state index in [1.807, 2.05) is 33.9 Å². The predicted octanol–water partition coefficient (Wildman–Crippen LogP) is 2.44. The number of aromatic nitrogens is 3. The zero-order valence-corrected chi connectivity index (χ0v) is 14.9. The third-order valence-corrected chi connectivity index (χ3v) is 5.12. The van der Waals surface area contributed by atoms with Gasteiger partial charge in [0.05, 0.1) is 22.2 Å². The lowest BCUT2D eigenvalue weighted by molar-refractivity contribution is 0.0314. The number of nitrogens with one attached hydrogen (secondary N) is 1. The molecular formula is C18H26N4O2. The van der Waals surface area contributed by atoms with E-state index in [-0.39, 0.29) is 12.5 Å². The summed E-state index contributed by atoms with van der Waals surface area (Å²) >= 11 is 0. The van der Waals surface area contributed by atoms with Crippen molar-refractivity contribution in [3.8, 4) is 0 Å². The number of hydrogen-bond acceptors (Lipinski definition) is 4. The quantitative estimate of drug-likeness (QED) is 0.852. The van der Waals surface area contributed by atoms with Gasteiger partial charge in [-0.1, -0.05) is 13.8 Å². The van der Waals surface area contributed by atoms with Gasteiger partial charge in [0.1, 0.15) is 0 Å². The van der Waals surface area contributed by atoms with Gasteiger partial charge in [-0.25, -0.2) is 4.98 Å². The Hall–Kier alpha value is -1.95. The normalized spacial score (nSPS) is 15.0. The highest BCUT2D eigenvalue weighted by Gasteiger charge is 2.29. The fourth-order valence-electron chi connectivity index (χ4n) is 3.07. The van der Waals surface area contributed by atoms with Gasteiger partial charge in [0, 0.05) is 25.2 Å². The summed E-state index contributed by atoms with van der Waals surface area (Å²) in [5, 5.41) is 18.5. The van der Waals surface area contributed by atoms with Crippen LogP contribution in [0.5, 0.6) is 0 Å². The second-order valence-electron chi connectivity index (χ2n) is 6.89. The van der Waals surface area contributed by atoms with E-state index in [4.69, 9.17) is 4.98 Å². The molecule has 2 aromatic heterocycles. The van der Waals surface area contributed by atoms with Crippen LogP contribution in [0.15, 0.2) is 6.07 Å². The lowest BCUT2D eigenvalue weighted by Gasteiger charge is -2.25. The van der Waals surface area contributed by atoms with Crippen molar-refractivity contribution in [3.05, 3.63) is 23.0 Å². The molecule has 1 amide bonds. The summed E-state index contributed by atoms with van der Waals surface area (Å²) in [7, 11) is 1.85. The molecule has 0 spiro atoms. The Morgan fingerprint density at radius 2 is 2.08 bits per heavy atom. The molecular weight excluding hydrogens is 304 g/mol. The first-order chi connectivity index (χ1) is 11.4. The van der Waals surface area contributed by atoms with Crippen molar-refractivity contribution in [3.63, 3.8) is 0 Å². The number of amides is 1. The van der Waals surface area contributed by atoms with Crippen molar-refractivity contribution in [2.45, 2.75) is 58.0 Å². The number of carbonyl (C=O) groups excluding carboxylic acids is 1. The fourth-order valence-corrected chi connectivity index (χ4v) is 3.07. The summed E-state index contributed by atoms with van der Waals surface area (Å²) in [6, 6.07) is 1.90. The first kappa shape index (κ1) is 16.9. The molecule has 1 aliphatic rings. The van der Waals surface area contributed by atoms with Gasteiger partial charge >= 0.3 is 0 Å². The van der Waals surface area contributed by atoms with Crippen LogP contribution in [0.2, 0.25) is 0 Å². The van der Waals surface area contributed by atoms with Crippen LogP contribution in [-0.4, -0.2) is 37.9 Å². The molecule has 2 N–H and O–H groups in total. The molecule has 130 valence electrons. The number of pyridine rings is 1. The van der Waals surface area contributed by atoms with Gasteiger partial charge in [0.2, 0.25) is 0 Å². The lowest BCUT2D eigenvalue weighted by Crippen LogP contribution is -2.42. The monoisotopic (exact) mass is 330 g/mol. The molecule has 6 heteroatoms. The summed E-state index contributed by atoms with van der Waals surface area (Å²) < 4.78 is 1.74. The second-order valence-corrected chi connectivity index (χ2v) is 6.89. The summed E-state index contributed by atoms with van der Waals surface area (Å²) in [5.41, 5.74) is 2.28. The van der Waals surface area contributed by atoms with Crippen LogP contribution in [0.4, 0.5) is 0 Å². The van der Waals surface area contributed by atoms with Crippen molar-refractivity contribution in [1.82, 2.24) is 20.1 Å². The van der Waals surface area contributed by atoms with Crippen LogP contribution in [0.1, 0.15) is 67.2 Å². The van der Waals surface area contributed by atoms with Crippen LogP contribution in [0, 0.1) is 6.92 Å². The Morgan fingerprint density at radius 3 is 2.67 bits per heavy atom. The SMILES string of the molecule is CCC(O)(CC)CNC(=O)c1cc(C2CC2)nc2c1c(C)nn2C. The Morgan fingerprint density at radius 1 is 1.42 bits per heavy atom. The zero-order valence-electron chi connectivity index (χ0n) is 14.9. The molecule has 0 bridgehead atoms. The van der Waals surface area contributed by atoms with Gasteiger partial charge in [-0.3, -0.25) is 9.48 Å². The van der Waals surface area contributed by atoms with Crippen LogP contribution in [-0.2, 0) is 7.05 Å². The topological polar surface area (TPSA) is 80.0 Å². The number of carbonyl (C=O) groups is 1. The van der Waals surface area contributed by atoms with Crippen LogP contribution < -0.4 is 5.32 Å². The zero-order chi connectivity index (χ0) is 17.5. The predicted molar refractivity (Wildman–Crippen MR) is 93.1 cm³/mol. The first-order valence-corrected chi connectivity index (χ1v) is 8.73. The molecule has 1 aliphatic carbocycles. The van der Waals surface area contributed by atoms with Gasteiger partial charge < -0.3 is 10.4 Å². The minimum absolute atomic E-state index is 0.166. The van der Waals surface area contributed by atoms with Crippen molar-refractivity contribution in [2.75, 3.05) is 6.54 Å². The summed E-state index contributed by atoms with van der Waals surface area (Å²) in [5.74, 6) is 0.292. The highest BCUT2D eigenvalue weighted by molar-refractivity contribution is 6.06. The van der Waals surface area contributed by atoms with E-state index in [0.717, 1.165) is 35.3 Å². The Bertz CT molecular complexity index is 773. The average molecular weight is 330 g/mol. The Kier molecular flexibility index (Phi) is 4.34. The number of nitrogens with zero attached hydrogens (tertiary/aromatic N) is 3. The minimum atomic E-state index is -0.856. The largest absolute Gasteiger partial charge is 0.388 e. The summed E-state index contributed by atoms with van der Waals surface area (Å²) in [6.07, 6.45) is 3.47. The maximum Gasteiger partial charge on any atom is 0.252 e. The van der Waals surface area contributed by atoms with E-state index in [1.165, 1.54) is 0 Å². The minimum Gasteiger partial charge on any atom is -0.388 e. The lowest BCUT2D eigenvalue weighted by atomic mass is 9.97. The van der Waals surface area contributed by atoms with E-state index < -0.39 is 5.60 Å². The number of rotatable bonds is 6. The maximum absolute atomic E-state index is 12.8. The highest BCUT2D eigenvalue weighted by Crippen LogP contribution is 2.40. The average Bonchev–Trinajstić information content (AvgIpc) is 3.39. The molecule has 2 heterocycles. The van der Waals surface area contributed by atoms with Gasteiger partial charge in [-0.15, -0.1) is 0 Å². The maximum atomic E-state index is 12.8. The van der Waals surface area contributed by atoms with Crippen LogP contribution in [0.3, 0.4) is 0 Å². The molecule has 3 rings (SSSR count).